The van der Waals surface area contributed by atoms with E-state index in [1.54, 1.807) is 0 Å². The van der Waals surface area contributed by atoms with Crippen molar-refractivity contribution in [2.75, 3.05) is 6.54 Å². The average molecular weight is 266 g/mol. The summed E-state index contributed by atoms with van der Waals surface area (Å²) in [6.45, 7) is 2.55. The smallest absolute Gasteiger partial charge is 0.245 e. The predicted molar refractivity (Wildman–Crippen MR) is 74.6 cm³/mol. The van der Waals surface area contributed by atoms with Gasteiger partial charge in [0.15, 0.2) is 0 Å². The van der Waals surface area contributed by atoms with E-state index in [1.165, 1.54) is 6.42 Å². The van der Waals surface area contributed by atoms with E-state index in [4.69, 9.17) is 0 Å². The normalized spacial score (nSPS) is 23.0. The summed E-state index contributed by atoms with van der Waals surface area (Å²) in [7, 11) is 0. The molecule has 108 valence electrons. The largest absolute Gasteiger partial charge is 0.354 e. The van der Waals surface area contributed by atoms with Gasteiger partial charge in [0.1, 0.15) is 5.54 Å². The fraction of sp³-hybridized carbons (Fsp3) is 0.867. The molecule has 0 spiro atoms. The Morgan fingerprint density at radius 1 is 1.05 bits per heavy atom. The first-order chi connectivity index (χ1) is 9.18. The van der Waals surface area contributed by atoms with E-state index in [9.17, 15) is 9.59 Å². The van der Waals surface area contributed by atoms with Crippen LogP contribution in [0, 0.1) is 5.92 Å². The zero-order valence-electron chi connectivity index (χ0n) is 12.0. The van der Waals surface area contributed by atoms with Gasteiger partial charge in [0.05, 0.1) is 0 Å². The third-order valence-corrected chi connectivity index (χ3v) is 4.57. The highest BCUT2D eigenvalue weighted by Gasteiger charge is 2.43. The van der Waals surface area contributed by atoms with E-state index in [0.29, 0.717) is 6.54 Å². The molecule has 0 radical (unpaired) electrons. The van der Waals surface area contributed by atoms with Crippen LogP contribution in [0.2, 0.25) is 0 Å². The first kappa shape index (κ1) is 14.4. The Bertz CT molecular complexity index is 329. The summed E-state index contributed by atoms with van der Waals surface area (Å²) < 4.78 is 0. The van der Waals surface area contributed by atoms with Gasteiger partial charge in [-0.2, -0.15) is 0 Å². The van der Waals surface area contributed by atoms with Crippen molar-refractivity contribution in [3.05, 3.63) is 0 Å². The Morgan fingerprint density at radius 3 is 2.26 bits per heavy atom. The lowest BCUT2D eigenvalue weighted by Gasteiger charge is -2.31. The van der Waals surface area contributed by atoms with Crippen LogP contribution in [0.4, 0.5) is 0 Å². The number of carbonyl (C=O) groups excluding carboxylic acids is 2. The van der Waals surface area contributed by atoms with Crippen molar-refractivity contribution >= 4 is 11.8 Å². The van der Waals surface area contributed by atoms with Gasteiger partial charge in [-0.15, -0.1) is 0 Å². The van der Waals surface area contributed by atoms with Gasteiger partial charge < -0.3 is 10.6 Å². The highest BCUT2D eigenvalue weighted by Crippen LogP contribution is 2.31. The quantitative estimate of drug-likeness (QED) is 0.819. The van der Waals surface area contributed by atoms with Gasteiger partial charge >= 0.3 is 0 Å². The second kappa shape index (κ2) is 6.40. The molecule has 0 atom stereocenters. The van der Waals surface area contributed by atoms with Gasteiger partial charge in [-0.3, -0.25) is 9.59 Å². The maximum Gasteiger partial charge on any atom is 0.245 e. The Morgan fingerprint density at radius 2 is 1.68 bits per heavy atom. The van der Waals surface area contributed by atoms with E-state index in [2.05, 4.69) is 10.6 Å². The van der Waals surface area contributed by atoms with E-state index in [0.717, 1.165) is 51.4 Å². The first-order valence-corrected chi connectivity index (χ1v) is 7.78. The van der Waals surface area contributed by atoms with Crippen molar-refractivity contribution in [1.29, 1.82) is 0 Å². The van der Waals surface area contributed by atoms with Crippen molar-refractivity contribution in [2.24, 2.45) is 5.92 Å². The molecule has 19 heavy (non-hydrogen) atoms. The van der Waals surface area contributed by atoms with Crippen LogP contribution in [0.25, 0.3) is 0 Å². The molecular weight excluding hydrogens is 240 g/mol. The summed E-state index contributed by atoms with van der Waals surface area (Å²) in [6, 6.07) is 0. The van der Waals surface area contributed by atoms with Crippen LogP contribution in [0.3, 0.4) is 0 Å². The second-order valence-electron chi connectivity index (χ2n) is 5.97. The Hall–Kier alpha value is -1.06. The van der Waals surface area contributed by atoms with Gasteiger partial charge in [0.25, 0.3) is 0 Å². The van der Waals surface area contributed by atoms with Crippen molar-refractivity contribution < 1.29 is 9.59 Å². The van der Waals surface area contributed by atoms with Gasteiger partial charge in [0.2, 0.25) is 11.8 Å². The number of rotatable bonds is 4. The number of carbonyl (C=O) groups is 2. The molecule has 2 aliphatic rings. The molecule has 0 heterocycles. The van der Waals surface area contributed by atoms with Crippen molar-refractivity contribution in [1.82, 2.24) is 10.6 Å². The highest BCUT2D eigenvalue weighted by molar-refractivity contribution is 5.92. The number of likely N-dealkylation sites (N-methyl/N-ethyl adjacent to an activating group) is 1. The van der Waals surface area contributed by atoms with E-state index in [-0.39, 0.29) is 17.7 Å². The summed E-state index contributed by atoms with van der Waals surface area (Å²) in [5.74, 6) is 0.241. The number of amides is 2. The highest BCUT2D eigenvalue weighted by atomic mass is 16.2. The summed E-state index contributed by atoms with van der Waals surface area (Å²) in [6.07, 6.45) is 9.14. The molecule has 0 unspecified atom stereocenters. The van der Waals surface area contributed by atoms with Crippen LogP contribution in [0.5, 0.6) is 0 Å². The predicted octanol–water partition coefficient (Wildman–Crippen LogP) is 2.13. The molecule has 2 N–H and O–H groups in total. The summed E-state index contributed by atoms with van der Waals surface area (Å²) >= 11 is 0. The molecule has 4 nitrogen and oxygen atoms in total. The van der Waals surface area contributed by atoms with Crippen molar-refractivity contribution in [2.45, 2.75) is 70.3 Å². The minimum atomic E-state index is -0.620. The summed E-state index contributed by atoms with van der Waals surface area (Å²) in [4.78, 5) is 24.6. The van der Waals surface area contributed by atoms with Crippen molar-refractivity contribution in [3.8, 4) is 0 Å². The van der Waals surface area contributed by atoms with E-state index >= 15 is 0 Å². The molecular formula is C15H26N2O2. The zero-order chi connectivity index (χ0) is 13.7. The molecule has 0 saturated heterocycles. The Balaban J connectivity index is 1.99. The third kappa shape index (κ3) is 3.28. The Kier molecular flexibility index (Phi) is 4.83. The summed E-state index contributed by atoms with van der Waals surface area (Å²) in [5, 5.41) is 5.98. The minimum Gasteiger partial charge on any atom is -0.354 e. The molecule has 2 saturated carbocycles. The maximum atomic E-state index is 12.4. The molecule has 0 bridgehead atoms. The summed E-state index contributed by atoms with van der Waals surface area (Å²) in [5.41, 5.74) is -0.620. The lowest BCUT2D eigenvalue weighted by molar-refractivity contribution is -0.135. The fourth-order valence-corrected chi connectivity index (χ4v) is 3.42. The fourth-order valence-electron chi connectivity index (χ4n) is 3.42. The Labute approximate surface area is 115 Å². The van der Waals surface area contributed by atoms with Crippen LogP contribution in [0.1, 0.15) is 64.7 Å². The number of nitrogens with one attached hydrogen (secondary N) is 2. The number of hydrogen-bond donors (Lipinski definition) is 2. The van der Waals surface area contributed by atoms with Gasteiger partial charge in [0, 0.05) is 12.5 Å². The molecule has 4 heteroatoms. The minimum absolute atomic E-state index is 0.0108. The third-order valence-electron chi connectivity index (χ3n) is 4.57. The zero-order valence-corrected chi connectivity index (χ0v) is 12.0. The lowest BCUT2D eigenvalue weighted by atomic mass is 9.87. The molecule has 2 amide bonds. The average Bonchev–Trinajstić information content (AvgIpc) is 2.90. The van der Waals surface area contributed by atoms with Gasteiger partial charge in [-0.1, -0.05) is 32.1 Å². The van der Waals surface area contributed by atoms with Crippen LogP contribution in [0.15, 0.2) is 0 Å². The lowest BCUT2D eigenvalue weighted by Crippen LogP contribution is -2.58. The molecule has 0 aromatic heterocycles. The maximum absolute atomic E-state index is 12.4. The molecule has 2 rings (SSSR count). The van der Waals surface area contributed by atoms with Crippen LogP contribution < -0.4 is 10.6 Å². The molecule has 2 fully saturated rings. The molecule has 0 aliphatic heterocycles. The monoisotopic (exact) mass is 266 g/mol. The standard InChI is InChI=1S/C15H26N2O2/c1-2-16-14(19)15(10-6-7-11-15)17-13(18)12-8-4-3-5-9-12/h12H,2-11H2,1H3,(H,16,19)(H,17,18). The molecule has 0 aromatic carbocycles. The SMILES string of the molecule is CCNC(=O)C1(NC(=O)C2CCCCC2)CCCC1. The van der Waals surface area contributed by atoms with Crippen LogP contribution in [-0.2, 0) is 9.59 Å². The van der Waals surface area contributed by atoms with E-state index in [1.807, 2.05) is 6.92 Å². The van der Waals surface area contributed by atoms with Crippen molar-refractivity contribution in [3.63, 3.8) is 0 Å². The topological polar surface area (TPSA) is 58.2 Å². The van der Waals surface area contributed by atoms with Gasteiger partial charge in [-0.05, 0) is 32.6 Å². The first-order valence-electron chi connectivity index (χ1n) is 7.78. The molecule has 2 aliphatic carbocycles. The second-order valence-corrected chi connectivity index (χ2v) is 5.97. The number of hydrogen-bond acceptors (Lipinski definition) is 2. The van der Waals surface area contributed by atoms with Crippen LogP contribution >= 0.6 is 0 Å². The van der Waals surface area contributed by atoms with Gasteiger partial charge in [-0.25, -0.2) is 0 Å². The molecule has 0 aromatic rings. The van der Waals surface area contributed by atoms with Crippen LogP contribution in [-0.4, -0.2) is 23.9 Å². The van der Waals surface area contributed by atoms with E-state index < -0.39 is 5.54 Å².